The van der Waals surface area contributed by atoms with Crippen LogP contribution in [0.2, 0.25) is 0 Å². The molecule has 2 N–H and O–H groups in total. The van der Waals surface area contributed by atoms with Crippen molar-refractivity contribution in [2.45, 2.75) is 12.4 Å². The summed E-state index contributed by atoms with van der Waals surface area (Å²) >= 11 is 0. The van der Waals surface area contributed by atoms with Crippen molar-refractivity contribution < 1.29 is 35.8 Å². The van der Waals surface area contributed by atoms with Gasteiger partial charge in [-0.05, 0) is 18.2 Å². The highest BCUT2D eigenvalue weighted by atomic mass is 19.4. The summed E-state index contributed by atoms with van der Waals surface area (Å²) in [6, 6.07) is 2.45. The van der Waals surface area contributed by atoms with Gasteiger partial charge >= 0.3 is 12.4 Å². The number of hydrogen-bond acceptors (Lipinski definition) is 3. The molecule has 1 rings (SSSR count). The van der Waals surface area contributed by atoms with Crippen molar-refractivity contribution in [2.75, 3.05) is 25.6 Å². The van der Waals surface area contributed by atoms with E-state index in [9.17, 15) is 26.3 Å². The molecule has 9 heteroatoms. The predicted octanol–water partition coefficient (Wildman–Crippen LogP) is 3.25. The molecular formula is C11H11F6NO2. The minimum Gasteiger partial charge on any atom is -0.489 e. The Kier molecular flexibility index (Phi) is 5.09. The van der Waals surface area contributed by atoms with E-state index in [-0.39, 0.29) is 24.7 Å². The number of nitrogen functional groups attached to an aromatic ring is 1. The standard InChI is InChI=1S/C11H11F6NO2/c12-10(13,14)6-19-3-4-20-9-2-1-7(5-8(9)18)11(15,16)17/h1-2,5H,3-4,6,18H2. The van der Waals surface area contributed by atoms with Crippen LogP contribution in [0.3, 0.4) is 0 Å². The van der Waals surface area contributed by atoms with Crippen molar-refractivity contribution in [3.8, 4) is 5.75 Å². The summed E-state index contributed by atoms with van der Waals surface area (Å²) < 4.78 is 81.4. The van der Waals surface area contributed by atoms with Gasteiger partial charge < -0.3 is 15.2 Å². The zero-order valence-corrected chi connectivity index (χ0v) is 10.0. The lowest BCUT2D eigenvalue weighted by molar-refractivity contribution is -0.175. The van der Waals surface area contributed by atoms with Crippen LogP contribution in [-0.4, -0.2) is 26.0 Å². The van der Waals surface area contributed by atoms with Crippen LogP contribution in [0.15, 0.2) is 18.2 Å². The van der Waals surface area contributed by atoms with Gasteiger partial charge in [-0.1, -0.05) is 0 Å². The molecule has 0 atom stereocenters. The molecule has 3 nitrogen and oxygen atoms in total. The smallest absolute Gasteiger partial charge is 0.416 e. The summed E-state index contributed by atoms with van der Waals surface area (Å²) in [5.74, 6) is -0.0476. The predicted molar refractivity (Wildman–Crippen MR) is 58.2 cm³/mol. The van der Waals surface area contributed by atoms with Crippen LogP contribution in [0.1, 0.15) is 5.56 Å². The normalized spacial score (nSPS) is 12.5. The Morgan fingerprint density at radius 2 is 1.65 bits per heavy atom. The maximum atomic E-state index is 12.3. The zero-order chi connectivity index (χ0) is 15.4. The molecule has 1 aromatic rings. The Labute approximate surface area is 110 Å². The average molecular weight is 303 g/mol. The minimum absolute atomic E-state index is 0.0476. The Balaban J connectivity index is 2.46. The van der Waals surface area contributed by atoms with E-state index >= 15 is 0 Å². The van der Waals surface area contributed by atoms with Gasteiger partial charge in [0, 0.05) is 0 Å². The summed E-state index contributed by atoms with van der Waals surface area (Å²) in [6.07, 6.45) is -8.96. The van der Waals surface area contributed by atoms with Crippen molar-refractivity contribution in [3.63, 3.8) is 0 Å². The molecule has 0 amide bonds. The molecule has 0 fully saturated rings. The third-order valence-electron chi connectivity index (χ3n) is 2.09. The quantitative estimate of drug-likeness (QED) is 0.516. The van der Waals surface area contributed by atoms with Crippen LogP contribution in [0.25, 0.3) is 0 Å². The number of rotatable bonds is 5. The number of anilines is 1. The van der Waals surface area contributed by atoms with Gasteiger partial charge in [0.1, 0.15) is 19.0 Å². The molecule has 0 aromatic heterocycles. The van der Waals surface area contributed by atoms with Gasteiger partial charge in [-0.3, -0.25) is 0 Å². The summed E-state index contributed by atoms with van der Waals surface area (Å²) in [5.41, 5.74) is 4.17. The van der Waals surface area contributed by atoms with E-state index in [2.05, 4.69) is 4.74 Å². The lowest BCUT2D eigenvalue weighted by Gasteiger charge is -2.12. The molecule has 0 heterocycles. The first-order chi connectivity index (χ1) is 9.09. The molecule has 0 unspecified atom stereocenters. The molecule has 0 aliphatic rings. The van der Waals surface area contributed by atoms with Crippen molar-refractivity contribution >= 4 is 5.69 Å². The molecule has 0 radical (unpaired) electrons. The lowest BCUT2D eigenvalue weighted by Crippen LogP contribution is -2.19. The summed E-state index contributed by atoms with van der Waals surface area (Å²) in [6.45, 7) is -2.04. The van der Waals surface area contributed by atoms with E-state index in [4.69, 9.17) is 10.5 Å². The van der Waals surface area contributed by atoms with Crippen LogP contribution >= 0.6 is 0 Å². The molecule has 1 aromatic carbocycles. The number of benzene rings is 1. The van der Waals surface area contributed by atoms with Gasteiger partial charge in [-0.15, -0.1) is 0 Å². The van der Waals surface area contributed by atoms with E-state index in [1.54, 1.807) is 0 Å². The Morgan fingerprint density at radius 3 is 2.15 bits per heavy atom. The third kappa shape index (κ3) is 5.55. The van der Waals surface area contributed by atoms with Gasteiger partial charge in [0.2, 0.25) is 0 Å². The highest BCUT2D eigenvalue weighted by Gasteiger charge is 2.31. The van der Waals surface area contributed by atoms with Crippen LogP contribution in [0, 0.1) is 0 Å². The van der Waals surface area contributed by atoms with Gasteiger partial charge in [0.05, 0.1) is 17.9 Å². The van der Waals surface area contributed by atoms with Crippen LogP contribution in [0.5, 0.6) is 5.75 Å². The monoisotopic (exact) mass is 303 g/mol. The van der Waals surface area contributed by atoms with Crippen LogP contribution in [0.4, 0.5) is 32.0 Å². The number of halogens is 6. The molecule has 0 saturated heterocycles. The first kappa shape index (κ1) is 16.4. The third-order valence-corrected chi connectivity index (χ3v) is 2.09. The average Bonchev–Trinajstić information content (AvgIpc) is 2.27. The maximum absolute atomic E-state index is 12.3. The largest absolute Gasteiger partial charge is 0.489 e. The number of alkyl halides is 6. The molecule has 0 bridgehead atoms. The molecule has 0 aliphatic heterocycles. The lowest BCUT2D eigenvalue weighted by atomic mass is 10.2. The fourth-order valence-corrected chi connectivity index (χ4v) is 1.25. The highest BCUT2D eigenvalue weighted by Crippen LogP contribution is 2.33. The summed E-state index contributed by atoms with van der Waals surface area (Å²) in [4.78, 5) is 0. The molecule has 20 heavy (non-hydrogen) atoms. The Hall–Kier alpha value is -1.64. The minimum atomic E-state index is -4.53. The first-order valence-electron chi connectivity index (χ1n) is 5.33. The summed E-state index contributed by atoms with van der Waals surface area (Å²) in [7, 11) is 0. The molecule has 0 spiro atoms. The SMILES string of the molecule is Nc1cc(C(F)(F)F)ccc1OCCOCC(F)(F)F. The van der Waals surface area contributed by atoms with E-state index in [0.717, 1.165) is 12.1 Å². The van der Waals surface area contributed by atoms with Gasteiger partial charge in [0.25, 0.3) is 0 Å². The molecular weight excluding hydrogens is 292 g/mol. The second-order valence-corrected chi connectivity index (χ2v) is 3.77. The van der Waals surface area contributed by atoms with E-state index in [1.807, 2.05) is 0 Å². The summed E-state index contributed by atoms with van der Waals surface area (Å²) in [5, 5.41) is 0. The zero-order valence-electron chi connectivity index (χ0n) is 10.0. The second kappa shape index (κ2) is 6.21. The Bertz CT molecular complexity index is 444. The Morgan fingerprint density at radius 1 is 1.00 bits per heavy atom. The number of ether oxygens (including phenoxy) is 2. The number of nitrogens with two attached hydrogens (primary N) is 1. The van der Waals surface area contributed by atoms with Crippen LogP contribution in [-0.2, 0) is 10.9 Å². The van der Waals surface area contributed by atoms with Gasteiger partial charge in [-0.25, -0.2) is 0 Å². The van der Waals surface area contributed by atoms with Gasteiger partial charge in [-0.2, -0.15) is 26.3 Å². The van der Waals surface area contributed by atoms with E-state index in [1.165, 1.54) is 0 Å². The molecule has 0 aliphatic carbocycles. The topological polar surface area (TPSA) is 44.5 Å². The fourth-order valence-electron chi connectivity index (χ4n) is 1.25. The van der Waals surface area contributed by atoms with E-state index in [0.29, 0.717) is 6.07 Å². The van der Waals surface area contributed by atoms with E-state index < -0.39 is 24.5 Å². The molecule has 114 valence electrons. The maximum Gasteiger partial charge on any atom is 0.416 e. The highest BCUT2D eigenvalue weighted by molar-refractivity contribution is 5.54. The van der Waals surface area contributed by atoms with Crippen molar-refractivity contribution in [3.05, 3.63) is 23.8 Å². The number of hydrogen-bond donors (Lipinski definition) is 1. The first-order valence-corrected chi connectivity index (χ1v) is 5.33. The van der Waals surface area contributed by atoms with Gasteiger partial charge in [0.15, 0.2) is 0 Å². The van der Waals surface area contributed by atoms with Crippen molar-refractivity contribution in [1.29, 1.82) is 0 Å². The molecule has 0 saturated carbocycles. The fraction of sp³-hybridized carbons (Fsp3) is 0.455. The van der Waals surface area contributed by atoms with Crippen LogP contribution < -0.4 is 10.5 Å². The van der Waals surface area contributed by atoms with Crippen molar-refractivity contribution in [2.24, 2.45) is 0 Å². The second-order valence-electron chi connectivity index (χ2n) is 3.77. The van der Waals surface area contributed by atoms with Crippen molar-refractivity contribution in [1.82, 2.24) is 0 Å².